The SMILES string of the molecule is CC(C)C(C)n1c2ccccc2c2ccccc21. The standard InChI is InChI=1S/C17H19N/c1-12(2)13(3)18-16-10-6-4-8-14(16)15-9-5-7-11-17(15)18/h4-13H,1-3H3. The zero-order valence-corrected chi connectivity index (χ0v) is 11.2. The zero-order chi connectivity index (χ0) is 12.7. The van der Waals surface area contributed by atoms with Gasteiger partial charge in [0.2, 0.25) is 0 Å². The number of para-hydroxylation sites is 2. The lowest BCUT2D eigenvalue weighted by Gasteiger charge is -2.20. The maximum absolute atomic E-state index is 2.48. The average molecular weight is 237 g/mol. The summed E-state index contributed by atoms with van der Waals surface area (Å²) in [7, 11) is 0. The molecule has 1 heterocycles. The minimum atomic E-state index is 0.509. The predicted octanol–water partition coefficient (Wildman–Crippen LogP) is 5.01. The lowest BCUT2D eigenvalue weighted by Crippen LogP contribution is -2.10. The molecule has 0 N–H and O–H groups in total. The molecule has 3 aromatic rings. The van der Waals surface area contributed by atoms with E-state index in [1.165, 1.54) is 21.8 Å². The number of rotatable bonds is 2. The summed E-state index contributed by atoms with van der Waals surface area (Å²) < 4.78 is 2.48. The van der Waals surface area contributed by atoms with Gasteiger partial charge in [0.05, 0.1) is 0 Å². The number of benzene rings is 2. The predicted molar refractivity (Wildman–Crippen MR) is 79.0 cm³/mol. The summed E-state index contributed by atoms with van der Waals surface area (Å²) in [5.41, 5.74) is 2.69. The molecule has 3 rings (SSSR count). The van der Waals surface area contributed by atoms with Crippen LogP contribution in [0.5, 0.6) is 0 Å². The van der Waals surface area contributed by atoms with Crippen LogP contribution >= 0.6 is 0 Å². The highest BCUT2D eigenvalue weighted by Gasteiger charge is 2.16. The van der Waals surface area contributed by atoms with Gasteiger partial charge in [0.1, 0.15) is 0 Å². The maximum atomic E-state index is 2.48. The minimum Gasteiger partial charge on any atom is -0.337 e. The number of nitrogens with zero attached hydrogens (tertiary/aromatic N) is 1. The van der Waals surface area contributed by atoms with Gasteiger partial charge in [-0.15, -0.1) is 0 Å². The number of aromatic nitrogens is 1. The van der Waals surface area contributed by atoms with E-state index in [4.69, 9.17) is 0 Å². The Morgan fingerprint density at radius 2 is 1.17 bits per heavy atom. The Balaban J connectivity index is 2.45. The molecule has 1 unspecified atom stereocenters. The molecule has 1 nitrogen and oxygen atoms in total. The van der Waals surface area contributed by atoms with Crippen molar-refractivity contribution in [2.75, 3.05) is 0 Å². The first kappa shape index (κ1) is 11.3. The molecule has 2 aromatic carbocycles. The molecular weight excluding hydrogens is 218 g/mol. The van der Waals surface area contributed by atoms with Gasteiger partial charge in [0.25, 0.3) is 0 Å². The van der Waals surface area contributed by atoms with E-state index in [-0.39, 0.29) is 0 Å². The summed E-state index contributed by atoms with van der Waals surface area (Å²) in [6.45, 7) is 6.88. The first-order valence-corrected chi connectivity index (χ1v) is 6.68. The van der Waals surface area contributed by atoms with Gasteiger partial charge >= 0.3 is 0 Å². The Labute approximate surface area is 108 Å². The van der Waals surface area contributed by atoms with Crippen LogP contribution in [0, 0.1) is 5.92 Å². The van der Waals surface area contributed by atoms with Crippen LogP contribution in [0.3, 0.4) is 0 Å². The van der Waals surface area contributed by atoms with Gasteiger partial charge < -0.3 is 4.57 Å². The fourth-order valence-corrected chi connectivity index (χ4v) is 2.69. The second-order valence-corrected chi connectivity index (χ2v) is 5.39. The van der Waals surface area contributed by atoms with Crippen LogP contribution in [-0.4, -0.2) is 4.57 Å². The Kier molecular flexibility index (Phi) is 2.62. The molecule has 0 saturated heterocycles. The van der Waals surface area contributed by atoms with Crippen molar-refractivity contribution in [1.82, 2.24) is 4.57 Å². The summed E-state index contributed by atoms with van der Waals surface area (Å²) >= 11 is 0. The Morgan fingerprint density at radius 1 is 0.722 bits per heavy atom. The quantitative estimate of drug-likeness (QED) is 0.590. The highest BCUT2D eigenvalue weighted by Crippen LogP contribution is 2.33. The number of hydrogen-bond donors (Lipinski definition) is 0. The molecule has 0 saturated carbocycles. The van der Waals surface area contributed by atoms with Crippen molar-refractivity contribution in [3.05, 3.63) is 48.5 Å². The monoisotopic (exact) mass is 237 g/mol. The van der Waals surface area contributed by atoms with Crippen molar-refractivity contribution in [1.29, 1.82) is 0 Å². The summed E-state index contributed by atoms with van der Waals surface area (Å²) in [6, 6.07) is 17.9. The lowest BCUT2D eigenvalue weighted by molar-refractivity contribution is 0.427. The Hall–Kier alpha value is -1.76. The van der Waals surface area contributed by atoms with E-state index < -0.39 is 0 Å². The molecule has 1 aromatic heterocycles. The molecule has 0 radical (unpaired) electrons. The molecule has 0 amide bonds. The highest BCUT2D eigenvalue weighted by molar-refractivity contribution is 6.08. The lowest BCUT2D eigenvalue weighted by atomic mass is 10.1. The molecule has 1 heteroatoms. The van der Waals surface area contributed by atoms with Gasteiger partial charge in [-0.2, -0.15) is 0 Å². The Bertz CT molecular complexity index is 638. The minimum absolute atomic E-state index is 0.509. The third kappa shape index (κ3) is 1.54. The number of fused-ring (bicyclic) bond motifs is 3. The van der Waals surface area contributed by atoms with E-state index >= 15 is 0 Å². The largest absolute Gasteiger partial charge is 0.337 e. The third-order valence-electron chi connectivity index (χ3n) is 3.99. The van der Waals surface area contributed by atoms with Crippen LogP contribution in [0.2, 0.25) is 0 Å². The molecule has 0 spiro atoms. The van der Waals surface area contributed by atoms with E-state index in [1.54, 1.807) is 0 Å². The molecule has 0 aliphatic rings. The first-order chi connectivity index (χ1) is 8.70. The second-order valence-electron chi connectivity index (χ2n) is 5.39. The van der Waals surface area contributed by atoms with Gasteiger partial charge in [-0.1, -0.05) is 50.2 Å². The zero-order valence-electron chi connectivity index (χ0n) is 11.2. The maximum Gasteiger partial charge on any atom is 0.0493 e. The van der Waals surface area contributed by atoms with Crippen LogP contribution in [0.25, 0.3) is 21.8 Å². The second kappa shape index (κ2) is 4.16. The van der Waals surface area contributed by atoms with E-state index in [9.17, 15) is 0 Å². The van der Waals surface area contributed by atoms with Crippen molar-refractivity contribution in [2.45, 2.75) is 26.8 Å². The van der Waals surface area contributed by atoms with Crippen molar-refractivity contribution >= 4 is 21.8 Å². The Morgan fingerprint density at radius 3 is 1.61 bits per heavy atom. The van der Waals surface area contributed by atoms with Crippen LogP contribution in [0.1, 0.15) is 26.8 Å². The van der Waals surface area contributed by atoms with Crippen molar-refractivity contribution in [2.24, 2.45) is 5.92 Å². The molecule has 0 aliphatic carbocycles. The van der Waals surface area contributed by atoms with Crippen LogP contribution in [0.15, 0.2) is 48.5 Å². The third-order valence-corrected chi connectivity index (χ3v) is 3.99. The average Bonchev–Trinajstić information content (AvgIpc) is 2.72. The van der Waals surface area contributed by atoms with Gasteiger partial charge in [-0.05, 0) is 25.0 Å². The van der Waals surface area contributed by atoms with E-state index in [1.807, 2.05) is 0 Å². The fourth-order valence-electron chi connectivity index (χ4n) is 2.69. The van der Waals surface area contributed by atoms with Gasteiger partial charge in [-0.25, -0.2) is 0 Å². The smallest absolute Gasteiger partial charge is 0.0493 e. The van der Waals surface area contributed by atoms with Crippen LogP contribution in [0.4, 0.5) is 0 Å². The summed E-state index contributed by atoms with van der Waals surface area (Å²) in [6.07, 6.45) is 0. The summed E-state index contributed by atoms with van der Waals surface area (Å²) in [5.74, 6) is 0.629. The van der Waals surface area contributed by atoms with E-state index in [2.05, 4.69) is 73.9 Å². The topological polar surface area (TPSA) is 4.93 Å². The molecule has 0 fully saturated rings. The first-order valence-electron chi connectivity index (χ1n) is 6.68. The van der Waals surface area contributed by atoms with Crippen LogP contribution < -0.4 is 0 Å². The van der Waals surface area contributed by atoms with Crippen molar-refractivity contribution < 1.29 is 0 Å². The van der Waals surface area contributed by atoms with Crippen molar-refractivity contribution in [3.8, 4) is 0 Å². The van der Waals surface area contributed by atoms with E-state index in [0.29, 0.717) is 12.0 Å². The van der Waals surface area contributed by atoms with Gasteiger partial charge in [0.15, 0.2) is 0 Å². The number of hydrogen-bond acceptors (Lipinski definition) is 0. The molecule has 1 atom stereocenters. The highest BCUT2D eigenvalue weighted by atomic mass is 15.0. The van der Waals surface area contributed by atoms with E-state index in [0.717, 1.165) is 0 Å². The fraction of sp³-hybridized carbons (Fsp3) is 0.294. The van der Waals surface area contributed by atoms with Crippen LogP contribution in [-0.2, 0) is 0 Å². The van der Waals surface area contributed by atoms with Crippen molar-refractivity contribution in [3.63, 3.8) is 0 Å². The molecular formula is C17H19N. The normalized spacial score (nSPS) is 13.6. The molecule has 0 bridgehead atoms. The summed E-state index contributed by atoms with van der Waals surface area (Å²) in [4.78, 5) is 0. The molecule has 18 heavy (non-hydrogen) atoms. The summed E-state index contributed by atoms with van der Waals surface area (Å²) in [5, 5.41) is 2.72. The molecule has 92 valence electrons. The van der Waals surface area contributed by atoms with Gasteiger partial charge in [-0.3, -0.25) is 0 Å². The molecule has 0 aliphatic heterocycles. The van der Waals surface area contributed by atoms with Gasteiger partial charge in [0, 0.05) is 27.8 Å².